The Kier molecular flexibility index (Phi) is 8.08. The van der Waals surface area contributed by atoms with Crippen LogP contribution in [-0.4, -0.2) is 81.4 Å². The van der Waals surface area contributed by atoms with Crippen LogP contribution in [0.25, 0.3) is 0 Å². The summed E-state index contributed by atoms with van der Waals surface area (Å²) < 4.78 is 32.3. The van der Waals surface area contributed by atoms with Gasteiger partial charge in [0.1, 0.15) is 12.4 Å². The number of aryl methyl sites for hydroxylation is 2. The maximum absolute atomic E-state index is 13.7. The lowest BCUT2D eigenvalue weighted by atomic mass is 10.1. The van der Waals surface area contributed by atoms with Gasteiger partial charge in [-0.2, -0.15) is 0 Å². The zero-order chi connectivity index (χ0) is 26.3. The highest BCUT2D eigenvalue weighted by atomic mass is 35.5. The highest BCUT2D eigenvalue weighted by Gasteiger charge is 2.37. The Morgan fingerprint density at radius 2 is 1.84 bits per heavy atom. The Bertz CT molecular complexity index is 1330. The summed E-state index contributed by atoms with van der Waals surface area (Å²) in [4.78, 5) is 36.3. The summed E-state index contributed by atoms with van der Waals surface area (Å²) in [5.41, 5.74) is 3.40. The number of nitrogens with zero attached hydrogens (tertiary/aromatic N) is 5. The summed E-state index contributed by atoms with van der Waals surface area (Å²) in [5.74, 6) is 0.747. The van der Waals surface area contributed by atoms with Gasteiger partial charge in [-0.15, -0.1) is 12.4 Å². The zero-order valence-corrected chi connectivity index (χ0v) is 23.6. The van der Waals surface area contributed by atoms with Crippen molar-refractivity contribution >= 4 is 51.6 Å². The van der Waals surface area contributed by atoms with Gasteiger partial charge in [-0.25, -0.2) is 18.2 Å². The molecule has 1 unspecified atom stereocenters. The molecule has 12 heteroatoms. The maximum atomic E-state index is 13.7. The lowest BCUT2D eigenvalue weighted by Gasteiger charge is -2.36. The number of halogens is 1. The molecule has 206 valence electrons. The van der Waals surface area contributed by atoms with Crippen molar-refractivity contribution in [2.24, 2.45) is 0 Å². The van der Waals surface area contributed by atoms with E-state index in [4.69, 9.17) is 4.74 Å². The van der Waals surface area contributed by atoms with Crippen molar-refractivity contribution in [3.8, 4) is 0 Å². The van der Waals surface area contributed by atoms with Crippen molar-refractivity contribution in [2.45, 2.75) is 39.7 Å². The number of sulfonamides is 1. The topological polar surface area (TPSA) is 103 Å². The van der Waals surface area contributed by atoms with Crippen molar-refractivity contribution in [2.75, 3.05) is 59.2 Å². The van der Waals surface area contributed by atoms with Gasteiger partial charge in [0, 0.05) is 44.6 Å². The summed E-state index contributed by atoms with van der Waals surface area (Å²) in [6.07, 6.45) is 2.58. The van der Waals surface area contributed by atoms with Crippen molar-refractivity contribution < 1.29 is 22.7 Å². The number of rotatable bonds is 5. The molecule has 3 aliphatic rings. The van der Waals surface area contributed by atoms with Gasteiger partial charge in [0.05, 0.1) is 23.0 Å². The van der Waals surface area contributed by atoms with Gasteiger partial charge < -0.3 is 14.5 Å². The largest absolute Gasteiger partial charge is 0.447 e. The van der Waals surface area contributed by atoms with E-state index in [-0.39, 0.29) is 36.7 Å². The van der Waals surface area contributed by atoms with E-state index >= 15 is 0 Å². The molecule has 0 radical (unpaired) electrons. The molecule has 1 atom stereocenters. The Labute approximate surface area is 230 Å². The number of cyclic esters (lactones) is 1. The molecule has 1 aromatic carbocycles. The maximum Gasteiger partial charge on any atom is 0.414 e. The molecule has 1 aromatic heterocycles. The summed E-state index contributed by atoms with van der Waals surface area (Å²) in [7, 11) is -3.54. The minimum Gasteiger partial charge on any atom is -0.447 e. The molecule has 3 aliphatic heterocycles. The van der Waals surface area contributed by atoms with Crippen LogP contribution in [-0.2, 0) is 14.8 Å². The highest BCUT2D eigenvalue weighted by Crippen LogP contribution is 2.35. The van der Waals surface area contributed by atoms with E-state index < -0.39 is 16.1 Å². The average molecular weight is 564 g/mol. The van der Waals surface area contributed by atoms with Gasteiger partial charge in [-0.3, -0.25) is 14.0 Å². The van der Waals surface area contributed by atoms with Crippen LogP contribution >= 0.6 is 12.4 Å². The second-order valence-electron chi connectivity index (χ2n) is 9.88. The summed E-state index contributed by atoms with van der Waals surface area (Å²) in [6.45, 7) is 8.88. The number of amides is 2. The molecule has 2 amide bonds. The first-order chi connectivity index (χ1) is 17.7. The number of aromatic nitrogens is 1. The molecule has 0 spiro atoms. The van der Waals surface area contributed by atoms with Crippen LogP contribution in [0.4, 0.5) is 22.0 Å². The van der Waals surface area contributed by atoms with Crippen LogP contribution in [0.5, 0.6) is 0 Å². The molecule has 5 rings (SSSR count). The third kappa shape index (κ3) is 5.13. The van der Waals surface area contributed by atoms with E-state index in [9.17, 15) is 18.0 Å². The third-order valence-electron chi connectivity index (χ3n) is 7.34. The van der Waals surface area contributed by atoms with Crippen molar-refractivity contribution in [3.63, 3.8) is 0 Å². The number of ether oxygens (including phenoxy) is 1. The SMILES string of the molecule is CCC1COC(=O)N1c1ccc(C(=O)N2CCN(c3ncc(C)cc3C)CC2)c(N2CCCS2(=O)=O)c1.Cl. The molecule has 0 saturated carbocycles. The van der Waals surface area contributed by atoms with Gasteiger partial charge in [0.2, 0.25) is 10.0 Å². The Morgan fingerprint density at radius 1 is 1.11 bits per heavy atom. The molecule has 4 heterocycles. The molecule has 0 N–H and O–H groups in total. The van der Waals surface area contributed by atoms with Crippen LogP contribution in [0, 0.1) is 13.8 Å². The van der Waals surface area contributed by atoms with Crippen molar-refractivity contribution in [3.05, 3.63) is 47.2 Å². The quantitative estimate of drug-likeness (QED) is 0.549. The number of benzene rings is 1. The molecule has 0 bridgehead atoms. The first-order valence-electron chi connectivity index (χ1n) is 12.8. The molecule has 3 saturated heterocycles. The fourth-order valence-corrected chi connectivity index (χ4v) is 6.95. The fraction of sp³-hybridized carbons (Fsp3) is 0.500. The third-order valence-corrected chi connectivity index (χ3v) is 9.20. The molecule has 2 aromatic rings. The monoisotopic (exact) mass is 563 g/mol. The summed E-state index contributed by atoms with van der Waals surface area (Å²) >= 11 is 0. The van der Waals surface area contributed by atoms with Crippen LogP contribution < -0.4 is 14.1 Å². The average Bonchev–Trinajstić information content (AvgIpc) is 3.44. The van der Waals surface area contributed by atoms with Crippen molar-refractivity contribution in [1.82, 2.24) is 9.88 Å². The minimum absolute atomic E-state index is 0. The fourth-order valence-electron chi connectivity index (χ4n) is 5.38. The van der Waals surface area contributed by atoms with E-state index in [2.05, 4.69) is 16.0 Å². The Balaban J connectivity index is 0.00000336. The van der Waals surface area contributed by atoms with Crippen LogP contribution in [0.2, 0.25) is 0 Å². The Morgan fingerprint density at radius 3 is 2.47 bits per heavy atom. The molecule has 38 heavy (non-hydrogen) atoms. The predicted molar refractivity (Wildman–Crippen MR) is 149 cm³/mol. The van der Waals surface area contributed by atoms with Crippen LogP contribution in [0.1, 0.15) is 41.3 Å². The van der Waals surface area contributed by atoms with Crippen LogP contribution in [0.15, 0.2) is 30.5 Å². The summed E-state index contributed by atoms with van der Waals surface area (Å²) in [5, 5.41) is 0. The van der Waals surface area contributed by atoms with E-state index in [1.165, 1.54) is 4.31 Å². The van der Waals surface area contributed by atoms with E-state index in [0.29, 0.717) is 62.5 Å². The second-order valence-corrected chi connectivity index (χ2v) is 11.9. The smallest absolute Gasteiger partial charge is 0.414 e. The van der Waals surface area contributed by atoms with Gasteiger partial charge in [0.15, 0.2) is 0 Å². The molecular formula is C26H34ClN5O5S. The van der Waals surface area contributed by atoms with E-state index in [1.807, 2.05) is 27.0 Å². The second kappa shape index (κ2) is 11.0. The number of piperazine rings is 1. The standard InChI is InChI=1S/C26H33N5O5S.ClH/c1-4-20-17-36-26(33)31(20)21-6-7-22(23(15-21)30-8-5-13-37(30,34)35)25(32)29-11-9-28(10-12-29)24-19(3)14-18(2)16-27-24;/h6-7,14-16,20H,4-5,8-13,17H2,1-3H3;1H. The molecule has 3 fully saturated rings. The van der Waals surface area contributed by atoms with Gasteiger partial charge in [0.25, 0.3) is 5.91 Å². The lowest BCUT2D eigenvalue weighted by molar-refractivity contribution is 0.0747. The zero-order valence-electron chi connectivity index (χ0n) is 21.9. The molecular weight excluding hydrogens is 530 g/mol. The van der Waals surface area contributed by atoms with Crippen molar-refractivity contribution in [1.29, 1.82) is 0 Å². The van der Waals surface area contributed by atoms with Gasteiger partial charge in [-0.1, -0.05) is 13.0 Å². The van der Waals surface area contributed by atoms with Gasteiger partial charge in [-0.05, 0) is 56.0 Å². The lowest BCUT2D eigenvalue weighted by Crippen LogP contribution is -2.49. The first kappa shape index (κ1) is 28.0. The normalized spacial score (nSPS) is 20.9. The van der Waals surface area contributed by atoms with Gasteiger partial charge >= 0.3 is 6.09 Å². The minimum atomic E-state index is -3.54. The number of pyridine rings is 1. The van der Waals surface area contributed by atoms with E-state index in [1.54, 1.807) is 28.0 Å². The number of carbonyl (C=O) groups excluding carboxylic acids is 2. The first-order valence-corrected chi connectivity index (χ1v) is 14.4. The van der Waals surface area contributed by atoms with E-state index in [0.717, 1.165) is 16.9 Å². The highest BCUT2D eigenvalue weighted by molar-refractivity contribution is 7.93. The Hall–Kier alpha value is -3.05. The number of carbonyl (C=O) groups is 2. The number of hydrogen-bond acceptors (Lipinski definition) is 7. The summed E-state index contributed by atoms with van der Waals surface area (Å²) in [6, 6.07) is 6.98. The number of hydrogen-bond donors (Lipinski definition) is 0. The predicted octanol–water partition coefficient (Wildman–Crippen LogP) is 3.36. The van der Waals surface area contributed by atoms with Crippen LogP contribution in [0.3, 0.4) is 0 Å². The number of anilines is 3. The molecule has 10 nitrogen and oxygen atoms in total. The molecule has 0 aliphatic carbocycles.